The number of aliphatic carboxylic acids is 1. The van der Waals surface area contributed by atoms with Gasteiger partial charge in [-0.15, -0.1) is 0 Å². The molecule has 0 unspecified atom stereocenters. The third-order valence-electron chi connectivity index (χ3n) is 0.615. The number of carbonyl (C=O) groups is 1. The molecule has 0 radical (unpaired) electrons. The first kappa shape index (κ1) is 7.35. The molecule has 0 aromatic carbocycles. The van der Waals surface area contributed by atoms with E-state index in [1.54, 1.807) is 0 Å². The molecule has 0 amide bonds. The predicted molar refractivity (Wildman–Crippen MR) is 25.5 cm³/mol. The average Bonchev–Trinajstić information content (AvgIpc) is 1.67. The Kier molecular flexibility index (Phi) is 3.09. The van der Waals surface area contributed by atoms with E-state index in [9.17, 15) is 4.79 Å². The molecule has 5 heteroatoms. The maximum atomic E-state index is 9.89. The van der Waals surface area contributed by atoms with Crippen LogP contribution in [0.15, 0.2) is 0 Å². The van der Waals surface area contributed by atoms with E-state index in [0.29, 0.717) is 0 Å². The van der Waals surface area contributed by atoms with Crippen LogP contribution in [0.4, 0.5) is 0 Å². The van der Waals surface area contributed by atoms with Crippen molar-refractivity contribution >= 4 is 5.97 Å². The quantitative estimate of drug-likeness (QED) is 0.410. The molecule has 0 spiro atoms. The van der Waals surface area contributed by atoms with Crippen LogP contribution in [0, 0.1) is 0 Å². The Hall–Kier alpha value is -0.650. The van der Waals surface area contributed by atoms with Gasteiger partial charge in [0.05, 0.1) is 0 Å². The molecular formula is C3H8N2O3. The summed E-state index contributed by atoms with van der Waals surface area (Å²) in [6, 6.07) is -0.764. The molecule has 0 fully saturated rings. The van der Waals surface area contributed by atoms with Crippen molar-refractivity contribution < 1.29 is 14.8 Å². The summed E-state index contributed by atoms with van der Waals surface area (Å²) in [5, 5.41) is 8.12. The molecule has 0 aliphatic heterocycles. The highest BCUT2D eigenvalue weighted by molar-refractivity contribution is 5.72. The van der Waals surface area contributed by atoms with Crippen molar-refractivity contribution in [3.8, 4) is 0 Å². The summed E-state index contributed by atoms with van der Waals surface area (Å²) in [5.74, 6) is 3.49. The van der Waals surface area contributed by atoms with Crippen molar-refractivity contribution in [2.24, 2.45) is 5.90 Å². The van der Waals surface area contributed by atoms with Gasteiger partial charge in [0, 0.05) is 0 Å². The molecule has 0 bridgehead atoms. The topological polar surface area (TPSA) is 84.6 Å². The van der Waals surface area contributed by atoms with Gasteiger partial charge in [0.25, 0.3) is 0 Å². The van der Waals surface area contributed by atoms with E-state index < -0.39 is 12.0 Å². The Labute approximate surface area is 46.3 Å². The van der Waals surface area contributed by atoms with Gasteiger partial charge in [-0.3, -0.25) is 4.79 Å². The second-order valence-corrected chi connectivity index (χ2v) is 1.30. The molecule has 5 nitrogen and oxygen atoms in total. The normalized spacial score (nSPS) is 13.2. The summed E-state index contributed by atoms with van der Waals surface area (Å²) >= 11 is 0. The van der Waals surface area contributed by atoms with Gasteiger partial charge in [-0.2, -0.15) is 11.4 Å². The smallest absolute Gasteiger partial charge is 0.322 e. The van der Waals surface area contributed by atoms with E-state index in [2.05, 4.69) is 10.8 Å². The SMILES string of the molecule is C[C@@H](NON)C(=O)O. The Morgan fingerprint density at radius 2 is 2.50 bits per heavy atom. The lowest BCUT2D eigenvalue weighted by Gasteiger charge is -2.02. The van der Waals surface area contributed by atoms with Crippen molar-refractivity contribution in [3.05, 3.63) is 0 Å². The van der Waals surface area contributed by atoms with Crippen LogP contribution in [-0.2, 0) is 9.73 Å². The zero-order valence-electron chi connectivity index (χ0n) is 4.42. The summed E-state index contributed by atoms with van der Waals surface area (Å²) in [6.07, 6.45) is 0. The summed E-state index contributed by atoms with van der Waals surface area (Å²) < 4.78 is 0. The Bertz CT molecular complexity index is 84.6. The lowest BCUT2D eigenvalue weighted by atomic mass is 10.4. The predicted octanol–water partition coefficient (Wildman–Crippen LogP) is -1.15. The summed E-state index contributed by atoms with van der Waals surface area (Å²) in [7, 11) is 0. The van der Waals surface area contributed by atoms with Gasteiger partial charge >= 0.3 is 5.97 Å². The second-order valence-electron chi connectivity index (χ2n) is 1.30. The minimum absolute atomic E-state index is 0.764. The lowest BCUT2D eigenvalue weighted by molar-refractivity contribution is -0.143. The van der Waals surface area contributed by atoms with Crippen LogP contribution in [0.5, 0.6) is 0 Å². The molecule has 48 valence electrons. The van der Waals surface area contributed by atoms with Gasteiger partial charge in [0.15, 0.2) is 0 Å². The molecule has 0 aliphatic rings. The van der Waals surface area contributed by atoms with Crippen LogP contribution in [0.2, 0.25) is 0 Å². The number of hydrogen-bond acceptors (Lipinski definition) is 4. The number of carboxylic acid groups (broad SMARTS) is 1. The van der Waals surface area contributed by atoms with Gasteiger partial charge in [-0.25, -0.2) is 4.94 Å². The standard InChI is InChI=1S/C3H8N2O3/c1-2(3(6)7)5-8-4/h2,5H,4H2,1H3,(H,6,7)/t2-/m1/s1. The van der Waals surface area contributed by atoms with Gasteiger partial charge in [-0.1, -0.05) is 0 Å². The summed E-state index contributed by atoms with van der Waals surface area (Å²) in [4.78, 5) is 13.7. The molecule has 4 N–H and O–H groups in total. The first-order chi connectivity index (χ1) is 3.68. The summed E-state index contributed by atoms with van der Waals surface area (Å²) in [6.45, 7) is 1.41. The minimum Gasteiger partial charge on any atom is -0.480 e. The Balaban J connectivity index is 3.32. The first-order valence-corrected chi connectivity index (χ1v) is 2.02. The van der Waals surface area contributed by atoms with Crippen LogP contribution in [0.1, 0.15) is 6.92 Å². The zero-order chi connectivity index (χ0) is 6.57. The van der Waals surface area contributed by atoms with E-state index >= 15 is 0 Å². The molecule has 0 heterocycles. The van der Waals surface area contributed by atoms with Gasteiger partial charge in [0.2, 0.25) is 0 Å². The molecule has 0 aromatic heterocycles. The van der Waals surface area contributed by atoms with E-state index in [1.165, 1.54) is 6.92 Å². The van der Waals surface area contributed by atoms with Crippen molar-refractivity contribution in [2.45, 2.75) is 13.0 Å². The van der Waals surface area contributed by atoms with Gasteiger partial charge in [-0.05, 0) is 6.92 Å². The Morgan fingerprint density at radius 3 is 2.62 bits per heavy atom. The van der Waals surface area contributed by atoms with Crippen molar-refractivity contribution in [2.75, 3.05) is 0 Å². The van der Waals surface area contributed by atoms with Crippen LogP contribution < -0.4 is 11.4 Å². The number of rotatable bonds is 3. The fourth-order valence-electron chi connectivity index (χ4n) is 0.152. The Morgan fingerprint density at radius 1 is 2.00 bits per heavy atom. The van der Waals surface area contributed by atoms with Crippen molar-refractivity contribution in [1.82, 2.24) is 5.48 Å². The van der Waals surface area contributed by atoms with Gasteiger partial charge in [0.1, 0.15) is 6.04 Å². The van der Waals surface area contributed by atoms with Crippen molar-refractivity contribution in [3.63, 3.8) is 0 Å². The molecular weight excluding hydrogens is 112 g/mol. The molecule has 0 aliphatic carbocycles. The third kappa shape index (κ3) is 2.51. The van der Waals surface area contributed by atoms with Gasteiger partial charge < -0.3 is 5.11 Å². The molecule has 0 saturated carbocycles. The number of nitrogens with two attached hydrogens (primary N) is 1. The maximum absolute atomic E-state index is 9.89. The van der Waals surface area contributed by atoms with Crippen molar-refractivity contribution in [1.29, 1.82) is 0 Å². The van der Waals surface area contributed by atoms with E-state index in [0.717, 1.165) is 0 Å². The number of nitrogens with one attached hydrogen (secondary N) is 1. The monoisotopic (exact) mass is 120 g/mol. The number of hydrogen-bond donors (Lipinski definition) is 3. The highest BCUT2D eigenvalue weighted by atomic mass is 16.8. The highest BCUT2D eigenvalue weighted by Crippen LogP contribution is 1.76. The number of carboxylic acids is 1. The molecule has 0 saturated heterocycles. The highest BCUT2D eigenvalue weighted by Gasteiger charge is 2.07. The lowest BCUT2D eigenvalue weighted by Crippen LogP contribution is -2.35. The third-order valence-corrected chi connectivity index (χ3v) is 0.615. The van der Waals surface area contributed by atoms with E-state index in [1.807, 2.05) is 5.48 Å². The zero-order valence-corrected chi connectivity index (χ0v) is 4.42. The van der Waals surface area contributed by atoms with Crippen LogP contribution in [0.25, 0.3) is 0 Å². The fourth-order valence-corrected chi connectivity index (χ4v) is 0.152. The van der Waals surface area contributed by atoms with Crippen LogP contribution >= 0.6 is 0 Å². The van der Waals surface area contributed by atoms with Crippen LogP contribution in [0.3, 0.4) is 0 Å². The van der Waals surface area contributed by atoms with E-state index in [4.69, 9.17) is 5.11 Å². The fraction of sp³-hybridized carbons (Fsp3) is 0.667. The second kappa shape index (κ2) is 3.36. The molecule has 8 heavy (non-hydrogen) atoms. The first-order valence-electron chi connectivity index (χ1n) is 2.02. The molecule has 0 rings (SSSR count). The largest absolute Gasteiger partial charge is 0.480 e. The van der Waals surface area contributed by atoms with Crippen LogP contribution in [-0.4, -0.2) is 17.1 Å². The number of hydroxylamine groups is 1. The minimum atomic E-state index is -1.00. The summed E-state index contributed by atoms with van der Waals surface area (Å²) in [5.41, 5.74) is 2.02. The van der Waals surface area contributed by atoms with E-state index in [-0.39, 0.29) is 0 Å². The average molecular weight is 120 g/mol. The molecule has 1 atom stereocenters. The maximum Gasteiger partial charge on any atom is 0.322 e. The molecule has 0 aromatic rings.